The maximum absolute atomic E-state index is 3.86. The molecule has 1 aromatic carbocycles. The molecule has 2 unspecified atom stereocenters. The van der Waals surface area contributed by atoms with Crippen molar-refractivity contribution in [3.63, 3.8) is 0 Å². The first-order chi connectivity index (χ1) is 8.43. The largest absolute Gasteiger partial charge is 0.307 e. The minimum atomic E-state index is 0.594. The zero-order chi connectivity index (χ0) is 11.5. The molecule has 0 saturated carbocycles. The maximum Gasteiger partial charge on any atom is 0.0325 e. The Morgan fingerprint density at radius 1 is 1.06 bits per heavy atom. The van der Waals surface area contributed by atoms with Gasteiger partial charge in [-0.05, 0) is 49.7 Å². The van der Waals surface area contributed by atoms with Crippen molar-refractivity contribution in [2.75, 3.05) is 0 Å². The van der Waals surface area contributed by atoms with Crippen molar-refractivity contribution in [3.8, 4) is 0 Å². The molecule has 17 heavy (non-hydrogen) atoms. The van der Waals surface area contributed by atoms with Crippen molar-refractivity contribution in [3.05, 3.63) is 47.5 Å². The lowest BCUT2D eigenvalue weighted by Gasteiger charge is -2.31. The SMILES string of the molecule is C1=CCC(NC2CCCc3ccccc32)CC1. The number of nitrogens with one attached hydrogen (secondary N) is 1. The van der Waals surface area contributed by atoms with Gasteiger partial charge in [-0.25, -0.2) is 0 Å². The number of aryl methyl sites for hydroxylation is 1. The smallest absolute Gasteiger partial charge is 0.0325 e. The third kappa shape index (κ3) is 2.44. The van der Waals surface area contributed by atoms with Gasteiger partial charge in [-0.2, -0.15) is 0 Å². The quantitative estimate of drug-likeness (QED) is 0.758. The molecule has 0 heterocycles. The molecule has 2 aliphatic rings. The molecule has 2 aliphatic carbocycles. The number of hydrogen-bond donors (Lipinski definition) is 1. The lowest BCUT2D eigenvalue weighted by atomic mass is 9.86. The minimum Gasteiger partial charge on any atom is -0.307 e. The predicted molar refractivity (Wildman–Crippen MR) is 72.0 cm³/mol. The zero-order valence-electron chi connectivity index (χ0n) is 10.4. The minimum absolute atomic E-state index is 0.594. The fourth-order valence-electron chi connectivity index (χ4n) is 3.16. The number of hydrogen-bond acceptors (Lipinski definition) is 1. The average molecular weight is 227 g/mol. The van der Waals surface area contributed by atoms with Crippen LogP contribution in [-0.2, 0) is 6.42 Å². The van der Waals surface area contributed by atoms with Crippen LogP contribution in [0.3, 0.4) is 0 Å². The highest BCUT2D eigenvalue weighted by Gasteiger charge is 2.22. The van der Waals surface area contributed by atoms with Crippen LogP contribution < -0.4 is 5.32 Å². The Balaban J connectivity index is 1.74. The van der Waals surface area contributed by atoms with Crippen LogP contribution in [0.1, 0.15) is 49.3 Å². The van der Waals surface area contributed by atoms with Gasteiger partial charge in [0.2, 0.25) is 0 Å². The molecule has 0 aliphatic heterocycles. The van der Waals surface area contributed by atoms with Gasteiger partial charge in [-0.1, -0.05) is 36.4 Å². The van der Waals surface area contributed by atoms with Gasteiger partial charge in [0.05, 0.1) is 0 Å². The molecule has 0 saturated heterocycles. The third-order valence-electron chi connectivity index (χ3n) is 4.08. The van der Waals surface area contributed by atoms with Gasteiger partial charge in [0, 0.05) is 12.1 Å². The molecule has 3 rings (SSSR count). The molecular formula is C16H21N. The number of allylic oxidation sites excluding steroid dienone is 1. The van der Waals surface area contributed by atoms with E-state index in [4.69, 9.17) is 0 Å². The Morgan fingerprint density at radius 3 is 2.88 bits per heavy atom. The summed E-state index contributed by atoms with van der Waals surface area (Å²) in [6, 6.07) is 10.2. The van der Waals surface area contributed by atoms with Gasteiger partial charge >= 0.3 is 0 Å². The second-order valence-corrected chi connectivity index (χ2v) is 5.29. The highest BCUT2D eigenvalue weighted by atomic mass is 15.0. The summed E-state index contributed by atoms with van der Waals surface area (Å²) >= 11 is 0. The molecule has 0 aromatic heterocycles. The van der Waals surface area contributed by atoms with E-state index >= 15 is 0 Å². The summed E-state index contributed by atoms with van der Waals surface area (Å²) in [7, 11) is 0. The summed E-state index contributed by atoms with van der Waals surface area (Å²) in [5.41, 5.74) is 3.11. The molecule has 2 atom stereocenters. The Morgan fingerprint density at radius 2 is 2.00 bits per heavy atom. The van der Waals surface area contributed by atoms with Crippen LogP contribution in [0.4, 0.5) is 0 Å². The fourth-order valence-corrected chi connectivity index (χ4v) is 3.16. The van der Waals surface area contributed by atoms with Crippen LogP contribution in [-0.4, -0.2) is 6.04 Å². The second kappa shape index (κ2) is 5.05. The van der Waals surface area contributed by atoms with E-state index in [1.165, 1.54) is 38.5 Å². The highest BCUT2D eigenvalue weighted by Crippen LogP contribution is 2.30. The number of benzene rings is 1. The van der Waals surface area contributed by atoms with Crippen LogP contribution in [0.2, 0.25) is 0 Å². The van der Waals surface area contributed by atoms with E-state index in [2.05, 4.69) is 41.7 Å². The Bertz CT molecular complexity index is 408. The predicted octanol–water partition coefficient (Wildman–Crippen LogP) is 3.76. The topological polar surface area (TPSA) is 12.0 Å². The van der Waals surface area contributed by atoms with Gasteiger partial charge in [-0.3, -0.25) is 0 Å². The number of fused-ring (bicyclic) bond motifs is 1. The Hall–Kier alpha value is -1.08. The highest BCUT2D eigenvalue weighted by molar-refractivity contribution is 5.32. The van der Waals surface area contributed by atoms with Gasteiger partial charge in [0.15, 0.2) is 0 Å². The van der Waals surface area contributed by atoms with Gasteiger partial charge in [0.1, 0.15) is 0 Å². The van der Waals surface area contributed by atoms with Crippen molar-refractivity contribution in [2.24, 2.45) is 0 Å². The van der Waals surface area contributed by atoms with Crippen LogP contribution in [0, 0.1) is 0 Å². The summed E-state index contributed by atoms with van der Waals surface area (Å²) in [5, 5.41) is 3.86. The van der Waals surface area contributed by atoms with Crippen molar-refractivity contribution in [1.29, 1.82) is 0 Å². The first-order valence-corrected chi connectivity index (χ1v) is 6.92. The molecule has 0 spiro atoms. The summed E-state index contributed by atoms with van der Waals surface area (Å²) < 4.78 is 0. The standard InChI is InChI=1S/C16H21N/c1-2-9-14(10-3-1)17-16-12-6-8-13-7-4-5-11-15(13)16/h1-2,4-5,7,11,14,16-17H,3,6,8-10,12H2. The summed E-state index contributed by atoms with van der Waals surface area (Å²) in [6.07, 6.45) is 12.3. The van der Waals surface area contributed by atoms with E-state index in [0.717, 1.165) is 0 Å². The lowest BCUT2D eigenvalue weighted by Crippen LogP contribution is -2.35. The zero-order valence-corrected chi connectivity index (χ0v) is 10.4. The summed E-state index contributed by atoms with van der Waals surface area (Å²) in [5.74, 6) is 0. The molecular weight excluding hydrogens is 206 g/mol. The van der Waals surface area contributed by atoms with Gasteiger partial charge in [0.25, 0.3) is 0 Å². The molecule has 0 bridgehead atoms. The van der Waals surface area contributed by atoms with E-state index < -0.39 is 0 Å². The maximum atomic E-state index is 3.86. The summed E-state index contributed by atoms with van der Waals surface area (Å²) in [4.78, 5) is 0. The average Bonchev–Trinajstić information content (AvgIpc) is 2.40. The first-order valence-electron chi connectivity index (χ1n) is 6.92. The summed E-state index contributed by atoms with van der Waals surface area (Å²) in [6.45, 7) is 0. The third-order valence-corrected chi connectivity index (χ3v) is 4.08. The van der Waals surface area contributed by atoms with Crippen molar-refractivity contribution >= 4 is 0 Å². The monoisotopic (exact) mass is 227 g/mol. The van der Waals surface area contributed by atoms with Crippen molar-refractivity contribution in [1.82, 2.24) is 5.32 Å². The molecule has 0 radical (unpaired) electrons. The normalized spacial score (nSPS) is 27.8. The van der Waals surface area contributed by atoms with Crippen LogP contribution in [0.5, 0.6) is 0 Å². The molecule has 90 valence electrons. The van der Waals surface area contributed by atoms with E-state index in [1.54, 1.807) is 11.1 Å². The van der Waals surface area contributed by atoms with E-state index in [0.29, 0.717) is 12.1 Å². The number of rotatable bonds is 2. The second-order valence-electron chi connectivity index (χ2n) is 5.29. The van der Waals surface area contributed by atoms with Crippen molar-refractivity contribution in [2.45, 2.75) is 50.6 Å². The van der Waals surface area contributed by atoms with E-state index in [1.807, 2.05) is 0 Å². The molecule has 1 heteroatoms. The molecule has 0 fully saturated rings. The van der Waals surface area contributed by atoms with E-state index in [9.17, 15) is 0 Å². The van der Waals surface area contributed by atoms with Gasteiger partial charge in [-0.15, -0.1) is 0 Å². The van der Waals surface area contributed by atoms with Crippen LogP contribution >= 0.6 is 0 Å². The fraction of sp³-hybridized carbons (Fsp3) is 0.500. The Kier molecular flexibility index (Phi) is 3.28. The van der Waals surface area contributed by atoms with Crippen LogP contribution in [0.25, 0.3) is 0 Å². The van der Waals surface area contributed by atoms with Crippen LogP contribution in [0.15, 0.2) is 36.4 Å². The molecule has 0 amide bonds. The lowest BCUT2D eigenvalue weighted by molar-refractivity contribution is 0.376. The van der Waals surface area contributed by atoms with E-state index in [-0.39, 0.29) is 0 Å². The molecule has 1 aromatic rings. The van der Waals surface area contributed by atoms with Crippen molar-refractivity contribution < 1.29 is 0 Å². The Labute approximate surface area is 104 Å². The van der Waals surface area contributed by atoms with Gasteiger partial charge < -0.3 is 5.32 Å². The molecule has 1 N–H and O–H groups in total. The molecule has 1 nitrogen and oxygen atoms in total. The first kappa shape index (κ1) is 11.0.